The second-order valence-corrected chi connectivity index (χ2v) is 5.64. The Bertz CT molecular complexity index is 597. The van der Waals surface area contributed by atoms with Gasteiger partial charge in [0.1, 0.15) is 0 Å². The van der Waals surface area contributed by atoms with Gasteiger partial charge in [-0.15, -0.1) is 0 Å². The lowest BCUT2D eigenvalue weighted by atomic mass is 9.92. The van der Waals surface area contributed by atoms with Crippen LogP contribution in [0.1, 0.15) is 31.4 Å². The summed E-state index contributed by atoms with van der Waals surface area (Å²) >= 11 is 0. The SMILES string of the molecule is COC1CCCCC1Nc1cccc2ccc(C)nc12. The fourth-order valence-corrected chi connectivity index (χ4v) is 3.10. The first-order valence-corrected chi connectivity index (χ1v) is 7.43. The number of fused-ring (bicyclic) bond motifs is 1. The van der Waals surface area contributed by atoms with Crippen LogP contribution in [0.3, 0.4) is 0 Å². The summed E-state index contributed by atoms with van der Waals surface area (Å²) in [5.41, 5.74) is 3.24. The third-order valence-electron chi connectivity index (χ3n) is 4.21. The highest BCUT2D eigenvalue weighted by Gasteiger charge is 2.25. The van der Waals surface area contributed by atoms with E-state index in [9.17, 15) is 0 Å². The molecule has 1 heterocycles. The molecule has 1 aromatic heterocycles. The van der Waals surface area contributed by atoms with Gasteiger partial charge in [0.2, 0.25) is 0 Å². The zero-order chi connectivity index (χ0) is 13.9. The Morgan fingerprint density at radius 1 is 1.15 bits per heavy atom. The Labute approximate surface area is 120 Å². The van der Waals surface area contributed by atoms with Crippen molar-refractivity contribution in [2.75, 3.05) is 12.4 Å². The number of nitrogens with zero attached hydrogens (tertiary/aromatic N) is 1. The molecule has 0 amide bonds. The summed E-state index contributed by atoms with van der Waals surface area (Å²) in [7, 11) is 1.82. The maximum atomic E-state index is 5.63. The van der Waals surface area contributed by atoms with Gasteiger partial charge in [0, 0.05) is 18.2 Å². The van der Waals surface area contributed by atoms with Crippen LogP contribution in [-0.4, -0.2) is 24.2 Å². The lowest BCUT2D eigenvalue weighted by Gasteiger charge is -2.32. The highest BCUT2D eigenvalue weighted by atomic mass is 16.5. The van der Waals surface area contributed by atoms with Crippen LogP contribution < -0.4 is 5.32 Å². The van der Waals surface area contributed by atoms with Gasteiger partial charge in [0.05, 0.1) is 23.3 Å². The Kier molecular flexibility index (Phi) is 3.88. The molecule has 3 heteroatoms. The Hall–Kier alpha value is -1.61. The van der Waals surface area contributed by atoms with E-state index < -0.39 is 0 Å². The fourth-order valence-electron chi connectivity index (χ4n) is 3.10. The molecule has 3 rings (SSSR count). The van der Waals surface area contributed by atoms with Crippen LogP contribution in [0.4, 0.5) is 5.69 Å². The van der Waals surface area contributed by atoms with Crippen LogP contribution in [0.5, 0.6) is 0 Å². The first-order valence-electron chi connectivity index (χ1n) is 7.43. The molecule has 1 aliphatic rings. The van der Waals surface area contributed by atoms with Crippen molar-refractivity contribution in [3.63, 3.8) is 0 Å². The maximum absolute atomic E-state index is 5.63. The molecular formula is C17H22N2O. The minimum Gasteiger partial charge on any atom is -0.379 e. The molecule has 1 fully saturated rings. The largest absolute Gasteiger partial charge is 0.379 e. The molecule has 1 N–H and O–H groups in total. The quantitative estimate of drug-likeness (QED) is 0.918. The molecule has 106 valence electrons. The van der Waals surface area contributed by atoms with Crippen LogP contribution in [0.2, 0.25) is 0 Å². The van der Waals surface area contributed by atoms with Crippen LogP contribution >= 0.6 is 0 Å². The smallest absolute Gasteiger partial charge is 0.0936 e. The number of hydrogen-bond donors (Lipinski definition) is 1. The summed E-state index contributed by atoms with van der Waals surface area (Å²) in [5, 5.41) is 4.85. The Morgan fingerprint density at radius 2 is 2.00 bits per heavy atom. The summed E-state index contributed by atoms with van der Waals surface area (Å²) in [4.78, 5) is 4.69. The standard InChI is InChI=1S/C17H22N2O/c1-12-10-11-13-6-5-8-15(17(13)18-12)19-14-7-3-4-9-16(14)20-2/h5-6,8,10-11,14,16,19H,3-4,7,9H2,1-2H3. The lowest BCUT2D eigenvalue weighted by molar-refractivity contribution is 0.0606. The average molecular weight is 270 g/mol. The van der Waals surface area contributed by atoms with Gasteiger partial charge >= 0.3 is 0 Å². The molecule has 1 aromatic carbocycles. The number of hydrogen-bond acceptors (Lipinski definition) is 3. The van der Waals surface area contributed by atoms with Crippen molar-refractivity contribution in [2.45, 2.75) is 44.8 Å². The summed E-state index contributed by atoms with van der Waals surface area (Å²) in [6.07, 6.45) is 5.16. The zero-order valence-corrected chi connectivity index (χ0v) is 12.2. The number of aromatic nitrogens is 1. The number of pyridine rings is 1. The Morgan fingerprint density at radius 3 is 2.85 bits per heavy atom. The monoisotopic (exact) mass is 270 g/mol. The minimum atomic E-state index is 0.309. The fraction of sp³-hybridized carbons (Fsp3) is 0.471. The number of methoxy groups -OCH3 is 1. The highest BCUT2D eigenvalue weighted by molar-refractivity contribution is 5.90. The zero-order valence-electron chi connectivity index (χ0n) is 12.2. The van der Waals surface area contributed by atoms with Crippen LogP contribution in [0.15, 0.2) is 30.3 Å². The van der Waals surface area contributed by atoms with Gasteiger partial charge in [0.15, 0.2) is 0 Å². The van der Waals surface area contributed by atoms with Crippen LogP contribution in [-0.2, 0) is 4.74 Å². The first kappa shape index (κ1) is 13.4. The van der Waals surface area contributed by atoms with Crippen LogP contribution in [0, 0.1) is 6.92 Å². The van der Waals surface area contributed by atoms with E-state index in [0.29, 0.717) is 12.1 Å². The number of aryl methyl sites for hydroxylation is 1. The normalized spacial score (nSPS) is 22.9. The number of rotatable bonds is 3. The topological polar surface area (TPSA) is 34.1 Å². The van der Waals surface area contributed by atoms with E-state index in [1.807, 2.05) is 14.0 Å². The molecule has 0 saturated heterocycles. The van der Waals surface area contributed by atoms with Crippen molar-refractivity contribution >= 4 is 16.6 Å². The summed E-state index contributed by atoms with van der Waals surface area (Å²) in [5.74, 6) is 0. The number of anilines is 1. The van der Waals surface area contributed by atoms with E-state index in [0.717, 1.165) is 23.3 Å². The van der Waals surface area contributed by atoms with Crippen molar-refractivity contribution in [3.8, 4) is 0 Å². The number of nitrogens with one attached hydrogen (secondary N) is 1. The summed E-state index contributed by atoms with van der Waals surface area (Å²) in [6, 6.07) is 10.9. The average Bonchev–Trinajstić information content (AvgIpc) is 2.48. The van der Waals surface area contributed by atoms with E-state index in [1.165, 1.54) is 24.6 Å². The summed E-state index contributed by atoms with van der Waals surface area (Å²) in [6.45, 7) is 2.04. The van der Waals surface area contributed by atoms with E-state index in [2.05, 4.69) is 40.6 Å². The van der Waals surface area contributed by atoms with Gasteiger partial charge in [-0.25, -0.2) is 0 Å². The number of benzene rings is 1. The molecule has 2 aromatic rings. The summed E-state index contributed by atoms with van der Waals surface area (Å²) < 4.78 is 5.63. The third-order valence-corrected chi connectivity index (χ3v) is 4.21. The molecule has 2 atom stereocenters. The maximum Gasteiger partial charge on any atom is 0.0936 e. The number of para-hydroxylation sites is 1. The molecule has 0 bridgehead atoms. The molecule has 0 aliphatic heterocycles. The molecule has 3 nitrogen and oxygen atoms in total. The predicted octanol–water partition coefficient (Wildman–Crippen LogP) is 3.91. The molecule has 20 heavy (non-hydrogen) atoms. The van der Waals surface area contributed by atoms with Gasteiger partial charge in [-0.05, 0) is 31.9 Å². The molecule has 1 saturated carbocycles. The van der Waals surface area contributed by atoms with Crippen molar-refractivity contribution < 1.29 is 4.74 Å². The first-order chi connectivity index (χ1) is 9.78. The second-order valence-electron chi connectivity index (χ2n) is 5.64. The predicted molar refractivity (Wildman–Crippen MR) is 83.2 cm³/mol. The number of ether oxygens (including phenoxy) is 1. The van der Waals surface area contributed by atoms with Crippen molar-refractivity contribution in [2.24, 2.45) is 0 Å². The molecule has 0 spiro atoms. The Balaban J connectivity index is 1.91. The van der Waals surface area contributed by atoms with Gasteiger partial charge in [-0.1, -0.05) is 31.0 Å². The van der Waals surface area contributed by atoms with Gasteiger partial charge in [-0.3, -0.25) is 4.98 Å². The second kappa shape index (κ2) is 5.80. The molecular weight excluding hydrogens is 248 g/mol. The van der Waals surface area contributed by atoms with Gasteiger partial charge in [-0.2, -0.15) is 0 Å². The minimum absolute atomic E-state index is 0.309. The third kappa shape index (κ3) is 2.63. The van der Waals surface area contributed by atoms with Gasteiger partial charge < -0.3 is 10.1 Å². The van der Waals surface area contributed by atoms with E-state index >= 15 is 0 Å². The van der Waals surface area contributed by atoms with E-state index in [-0.39, 0.29) is 0 Å². The van der Waals surface area contributed by atoms with Crippen LogP contribution in [0.25, 0.3) is 10.9 Å². The van der Waals surface area contributed by atoms with E-state index in [1.54, 1.807) is 0 Å². The lowest BCUT2D eigenvalue weighted by Crippen LogP contribution is -2.37. The molecule has 0 radical (unpaired) electrons. The van der Waals surface area contributed by atoms with Gasteiger partial charge in [0.25, 0.3) is 0 Å². The highest BCUT2D eigenvalue weighted by Crippen LogP contribution is 2.27. The van der Waals surface area contributed by atoms with Crippen molar-refractivity contribution in [1.82, 2.24) is 4.98 Å². The molecule has 2 unspecified atom stereocenters. The molecule has 1 aliphatic carbocycles. The van der Waals surface area contributed by atoms with Crippen molar-refractivity contribution in [1.29, 1.82) is 0 Å². The van der Waals surface area contributed by atoms with Crippen molar-refractivity contribution in [3.05, 3.63) is 36.0 Å². The van der Waals surface area contributed by atoms with E-state index in [4.69, 9.17) is 4.74 Å².